The van der Waals surface area contributed by atoms with Crippen LogP contribution in [-0.4, -0.2) is 50.6 Å². The molecule has 1 heterocycles. The standard InChI is InChI=1S/C10H21N3O/c1-3-13(2)5-4-12-10(14)6-9-7-11-8-9/h9,11H,3-8H2,1-2H3,(H,12,14). The molecular weight excluding hydrogens is 178 g/mol. The minimum absolute atomic E-state index is 0.195. The second-order valence-corrected chi connectivity index (χ2v) is 3.97. The molecule has 0 aromatic rings. The summed E-state index contributed by atoms with van der Waals surface area (Å²) >= 11 is 0. The molecule has 0 bridgehead atoms. The minimum Gasteiger partial charge on any atom is -0.355 e. The zero-order chi connectivity index (χ0) is 10.4. The van der Waals surface area contributed by atoms with Crippen LogP contribution in [0.25, 0.3) is 0 Å². The van der Waals surface area contributed by atoms with Gasteiger partial charge in [-0.25, -0.2) is 0 Å². The van der Waals surface area contributed by atoms with Gasteiger partial charge in [0.25, 0.3) is 0 Å². The quantitative estimate of drug-likeness (QED) is 0.615. The van der Waals surface area contributed by atoms with E-state index in [-0.39, 0.29) is 5.91 Å². The molecule has 14 heavy (non-hydrogen) atoms. The van der Waals surface area contributed by atoms with E-state index >= 15 is 0 Å². The highest BCUT2D eigenvalue weighted by Crippen LogP contribution is 2.07. The highest BCUT2D eigenvalue weighted by atomic mass is 16.1. The summed E-state index contributed by atoms with van der Waals surface area (Å²) in [4.78, 5) is 13.5. The maximum Gasteiger partial charge on any atom is 0.220 e. The number of nitrogens with one attached hydrogen (secondary N) is 2. The molecule has 0 aromatic heterocycles. The highest BCUT2D eigenvalue weighted by Gasteiger charge is 2.19. The van der Waals surface area contributed by atoms with Crippen LogP contribution < -0.4 is 10.6 Å². The van der Waals surface area contributed by atoms with Crippen LogP contribution in [0.2, 0.25) is 0 Å². The number of likely N-dealkylation sites (N-methyl/N-ethyl adjacent to an activating group) is 1. The van der Waals surface area contributed by atoms with Gasteiger partial charge in [-0.1, -0.05) is 6.92 Å². The molecule has 2 N–H and O–H groups in total. The van der Waals surface area contributed by atoms with Gasteiger partial charge in [-0.15, -0.1) is 0 Å². The van der Waals surface area contributed by atoms with E-state index in [1.807, 2.05) is 0 Å². The van der Waals surface area contributed by atoms with Crippen LogP contribution in [0.3, 0.4) is 0 Å². The van der Waals surface area contributed by atoms with Gasteiger partial charge in [0.15, 0.2) is 0 Å². The van der Waals surface area contributed by atoms with Crippen molar-refractivity contribution in [3.05, 3.63) is 0 Å². The van der Waals surface area contributed by atoms with Crippen molar-refractivity contribution in [2.75, 3.05) is 39.8 Å². The van der Waals surface area contributed by atoms with Crippen LogP contribution in [0.4, 0.5) is 0 Å². The average Bonchev–Trinajstić information content (AvgIpc) is 2.11. The van der Waals surface area contributed by atoms with Crippen molar-refractivity contribution >= 4 is 5.91 Å². The Morgan fingerprint density at radius 1 is 1.57 bits per heavy atom. The molecule has 0 unspecified atom stereocenters. The Morgan fingerprint density at radius 3 is 2.79 bits per heavy atom. The Bertz CT molecular complexity index is 180. The molecule has 0 saturated carbocycles. The van der Waals surface area contributed by atoms with Crippen LogP contribution in [0, 0.1) is 5.92 Å². The summed E-state index contributed by atoms with van der Waals surface area (Å²) in [6.07, 6.45) is 0.683. The van der Waals surface area contributed by atoms with Crippen LogP contribution in [0.5, 0.6) is 0 Å². The fourth-order valence-corrected chi connectivity index (χ4v) is 1.37. The molecule has 1 aliphatic heterocycles. The lowest BCUT2D eigenvalue weighted by Gasteiger charge is -2.26. The first-order valence-electron chi connectivity index (χ1n) is 5.38. The number of nitrogens with zero attached hydrogens (tertiary/aromatic N) is 1. The molecule has 0 atom stereocenters. The van der Waals surface area contributed by atoms with E-state index < -0.39 is 0 Å². The van der Waals surface area contributed by atoms with Gasteiger partial charge in [0.05, 0.1) is 0 Å². The van der Waals surface area contributed by atoms with Gasteiger partial charge in [-0.3, -0.25) is 4.79 Å². The van der Waals surface area contributed by atoms with Crippen LogP contribution >= 0.6 is 0 Å². The van der Waals surface area contributed by atoms with Gasteiger partial charge in [-0.2, -0.15) is 0 Å². The molecule has 1 saturated heterocycles. The zero-order valence-corrected chi connectivity index (χ0v) is 9.18. The zero-order valence-electron chi connectivity index (χ0n) is 9.18. The van der Waals surface area contributed by atoms with Crippen molar-refractivity contribution in [2.45, 2.75) is 13.3 Å². The molecule has 1 fully saturated rings. The molecule has 4 nitrogen and oxygen atoms in total. The monoisotopic (exact) mass is 199 g/mol. The van der Waals surface area contributed by atoms with Gasteiger partial charge in [0.2, 0.25) is 5.91 Å². The summed E-state index contributed by atoms with van der Waals surface area (Å²) in [6, 6.07) is 0. The first-order valence-corrected chi connectivity index (χ1v) is 5.38. The Morgan fingerprint density at radius 2 is 2.29 bits per heavy atom. The van der Waals surface area contributed by atoms with Gasteiger partial charge >= 0.3 is 0 Å². The molecule has 0 aliphatic carbocycles. The van der Waals surface area contributed by atoms with E-state index in [2.05, 4.69) is 29.5 Å². The van der Waals surface area contributed by atoms with E-state index in [9.17, 15) is 4.79 Å². The lowest BCUT2D eigenvalue weighted by molar-refractivity contribution is -0.122. The van der Waals surface area contributed by atoms with E-state index in [4.69, 9.17) is 0 Å². The van der Waals surface area contributed by atoms with E-state index in [1.54, 1.807) is 0 Å². The fraction of sp³-hybridized carbons (Fsp3) is 0.900. The summed E-state index contributed by atoms with van der Waals surface area (Å²) in [7, 11) is 2.06. The maximum atomic E-state index is 11.4. The van der Waals surface area contributed by atoms with Crippen LogP contribution in [-0.2, 0) is 4.79 Å². The third-order valence-electron chi connectivity index (χ3n) is 2.70. The fourth-order valence-electron chi connectivity index (χ4n) is 1.37. The predicted octanol–water partition coefficient (Wildman–Crippen LogP) is -0.336. The third-order valence-corrected chi connectivity index (χ3v) is 2.70. The lowest BCUT2D eigenvalue weighted by Crippen LogP contribution is -2.45. The molecule has 0 aromatic carbocycles. The number of hydrogen-bond donors (Lipinski definition) is 2. The maximum absolute atomic E-state index is 11.4. The molecular formula is C10H21N3O. The van der Waals surface area contributed by atoms with E-state index in [0.717, 1.165) is 32.7 Å². The molecule has 82 valence electrons. The van der Waals surface area contributed by atoms with Crippen molar-refractivity contribution in [1.29, 1.82) is 0 Å². The Kier molecular flexibility index (Phi) is 4.90. The SMILES string of the molecule is CCN(C)CCNC(=O)CC1CNC1. The predicted molar refractivity (Wildman–Crippen MR) is 57.2 cm³/mol. The summed E-state index contributed by atoms with van der Waals surface area (Å²) in [5.41, 5.74) is 0. The van der Waals surface area contributed by atoms with E-state index in [1.165, 1.54) is 0 Å². The average molecular weight is 199 g/mol. The molecule has 1 amide bonds. The summed E-state index contributed by atoms with van der Waals surface area (Å²) in [6.45, 7) is 6.85. The number of rotatable bonds is 6. The highest BCUT2D eigenvalue weighted by molar-refractivity contribution is 5.76. The number of amides is 1. The third kappa shape index (κ3) is 4.07. The van der Waals surface area contributed by atoms with E-state index in [0.29, 0.717) is 12.3 Å². The Hall–Kier alpha value is -0.610. The van der Waals surface area contributed by atoms with Crippen molar-refractivity contribution < 1.29 is 4.79 Å². The van der Waals surface area contributed by atoms with Crippen LogP contribution in [0.15, 0.2) is 0 Å². The lowest BCUT2D eigenvalue weighted by atomic mass is 9.99. The first-order chi connectivity index (χ1) is 6.72. The van der Waals surface area contributed by atoms with Gasteiger partial charge in [0, 0.05) is 19.5 Å². The van der Waals surface area contributed by atoms with Crippen molar-refractivity contribution in [3.63, 3.8) is 0 Å². The number of carbonyl (C=O) groups is 1. The molecule has 1 rings (SSSR count). The molecule has 0 radical (unpaired) electrons. The largest absolute Gasteiger partial charge is 0.355 e. The minimum atomic E-state index is 0.195. The normalized spacial score (nSPS) is 16.8. The van der Waals surface area contributed by atoms with Gasteiger partial charge in [0.1, 0.15) is 0 Å². The molecule has 1 aliphatic rings. The summed E-state index contributed by atoms with van der Waals surface area (Å²) in [5.74, 6) is 0.764. The first kappa shape index (κ1) is 11.5. The number of hydrogen-bond acceptors (Lipinski definition) is 3. The van der Waals surface area contributed by atoms with Crippen molar-refractivity contribution in [2.24, 2.45) is 5.92 Å². The Balaban J connectivity index is 1.97. The van der Waals surface area contributed by atoms with Crippen LogP contribution in [0.1, 0.15) is 13.3 Å². The second kappa shape index (κ2) is 5.98. The van der Waals surface area contributed by atoms with Crippen molar-refractivity contribution in [1.82, 2.24) is 15.5 Å². The Labute approximate surface area is 86.0 Å². The van der Waals surface area contributed by atoms with Gasteiger partial charge in [-0.05, 0) is 32.6 Å². The van der Waals surface area contributed by atoms with Gasteiger partial charge < -0.3 is 15.5 Å². The summed E-state index contributed by atoms with van der Waals surface area (Å²) < 4.78 is 0. The number of carbonyl (C=O) groups excluding carboxylic acids is 1. The topological polar surface area (TPSA) is 44.4 Å². The molecule has 4 heteroatoms. The smallest absolute Gasteiger partial charge is 0.220 e. The molecule has 0 spiro atoms. The van der Waals surface area contributed by atoms with Crippen molar-refractivity contribution in [3.8, 4) is 0 Å². The second-order valence-electron chi connectivity index (χ2n) is 3.97. The summed E-state index contributed by atoms with van der Waals surface area (Å²) in [5, 5.41) is 6.10.